The van der Waals surface area contributed by atoms with E-state index in [9.17, 15) is 9.90 Å². The average molecular weight is 189 g/mol. The maximum Gasteiger partial charge on any atom is 0.326 e. The highest BCUT2D eigenvalue weighted by molar-refractivity contribution is 5.76. The van der Waals surface area contributed by atoms with E-state index in [1.807, 2.05) is 0 Å². The molecule has 0 aliphatic carbocycles. The molecule has 0 unspecified atom stereocenters. The van der Waals surface area contributed by atoms with E-state index in [0.717, 1.165) is 0 Å². The van der Waals surface area contributed by atoms with Gasteiger partial charge in [0.2, 0.25) is 0 Å². The van der Waals surface area contributed by atoms with Crippen molar-refractivity contribution in [3.63, 3.8) is 0 Å². The molecule has 0 heterocycles. The summed E-state index contributed by atoms with van der Waals surface area (Å²) < 4.78 is 4.99. The number of hydrogen-bond acceptors (Lipinski definition) is 4. The van der Waals surface area contributed by atoms with Crippen LogP contribution in [-0.2, 0) is 9.53 Å². The van der Waals surface area contributed by atoms with Gasteiger partial charge in [-0.3, -0.25) is 9.69 Å². The van der Waals surface area contributed by atoms with E-state index in [1.165, 1.54) is 0 Å². The van der Waals surface area contributed by atoms with E-state index >= 15 is 0 Å². The first-order valence-corrected chi connectivity index (χ1v) is 4.41. The van der Waals surface area contributed by atoms with Crippen LogP contribution < -0.4 is 0 Å². The fraction of sp³-hybridized carbons (Fsp3) is 0.889. The first-order chi connectivity index (χ1) is 5.86. The lowest BCUT2D eigenvalue weighted by Gasteiger charge is -2.25. The minimum Gasteiger partial charge on any atom is -0.462 e. The Morgan fingerprint density at radius 1 is 1.31 bits per heavy atom. The summed E-state index contributed by atoms with van der Waals surface area (Å²) in [4.78, 5) is 13.1. The van der Waals surface area contributed by atoms with Crippen molar-refractivity contribution >= 4 is 5.97 Å². The van der Waals surface area contributed by atoms with E-state index in [2.05, 4.69) is 0 Å². The van der Waals surface area contributed by atoms with Crippen molar-refractivity contribution in [3.05, 3.63) is 0 Å². The van der Waals surface area contributed by atoms with E-state index in [4.69, 9.17) is 4.74 Å². The second-order valence-electron chi connectivity index (χ2n) is 3.63. The van der Waals surface area contributed by atoms with Crippen LogP contribution in [0.3, 0.4) is 0 Å². The number of likely N-dealkylation sites (N-methyl/N-ethyl adjacent to an activating group) is 1. The van der Waals surface area contributed by atoms with Crippen LogP contribution >= 0.6 is 0 Å². The smallest absolute Gasteiger partial charge is 0.326 e. The number of esters is 1. The van der Waals surface area contributed by atoms with Gasteiger partial charge < -0.3 is 9.84 Å². The fourth-order valence-corrected chi connectivity index (χ4v) is 1.14. The number of aliphatic hydroxyl groups is 1. The Hall–Kier alpha value is -0.610. The number of ether oxygens (including phenoxy) is 1. The first-order valence-electron chi connectivity index (χ1n) is 4.41. The molecular formula is C9H19NO3. The van der Waals surface area contributed by atoms with Gasteiger partial charge in [0.1, 0.15) is 6.04 Å². The minimum absolute atomic E-state index is 0.145. The van der Waals surface area contributed by atoms with Crippen molar-refractivity contribution in [2.45, 2.75) is 39.0 Å². The zero-order chi connectivity index (χ0) is 10.6. The molecule has 0 aliphatic heterocycles. The van der Waals surface area contributed by atoms with Gasteiger partial charge in [-0.25, -0.2) is 0 Å². The first kappa shape index (κ1) is 12.4. The van der Waals surface area contributed by atoms with Gasteiger partial charge in [-0.1, -0.05) is 0 Å². The largest absolute Gasteiger partial charge is 0.462 e. The standard InChI is InChI=1S/C9H19NO3/c1-6(2)13-9(12)8(7(3)11)10(4)5/h6-8,11H,1-5H3/t7-,8+/m1/s1. The van der Waals surface area contributed by atoms with Crippen molar-refractivity contribution in [2.24, 2.45) is 0 Å². The van der Waals surface area contributed by atoms with Gasteiger partial charge >= 0.3 is 5.97 Å². The molecule has 0 rings (SSSR count). The van der Waals surface area contributed by atoms with Crippen molar-refractivity contribution in [1.82, 2.24) is 4.90 Å². The lowest BCUT2D eigenvalue weighted by atomic mass is 10.1. The number of aliphatic hydroxyl groups excluding tert-OH is 1. The highest BCUT2D eigenvalue weighted by Gasteiger charge is 2.27. The number of rotatable bonds is 4. The average Bonchev–Trinajstić information content (AvgIpc) is 1.81. The van der Waals surface area contributed by atoms with E-state index < -0.39 is 12.1 Å². The van der Waals surface area contributed by atoms with Crippen LogP contribution in [0.1, 0.15) is 20.8 Å². The van der Waals surface area contributed by atoms with Crippen LogP contribution in [0.4, 0.5) is 0 Å². The van der Waals surface area contributed by atoms with E-state index in [-0.39, 0.29) is 12.1 Å². The molecule has 78 valence electrons. The van der Waals surface area contributed by atoms with Gasteiger partial charge in [0.15, 0.2) is 0 Å². The zero-order valence-electron chi connectivity index (χ0n) is 8.94. The highest BCUT2D eigenvalue weighted by atomic mass is 16.5. The number of hydrogen-bond donors (Lipinski definition) is 1. The Kier molecular flexibility index (Phi) is 4.95. The van der Waals surface area contributed by atoms with E-state index in [0.29, 0.717) is 0 Å². The molecule has 0 aliphatic rings. The molecule has 0 saturated heterocycles. The molecule has 0 aromatic carbocycles. The third-order valence-electron chi connectivity index (χ3n) is 1.61. The van der Waals surface area contributed by atoms with Crippen molar-refractivity contribution in [1.29, 1.82) is 0 Å². The summed E-state index contributed by atoms with van der Waals surface area (Å²) in [6, 6.07) is -0.581. The molecule has 0 aromatic heterocycles. The molecule has 1 N–H and O–H groups in total. The number of carbonyl (C=O) groups is 1. The molecule has 0 bridgehead atoms. The second kappa shape index (κ2) is 5.19. The molecule has 0 radical (unpaired) electrons. The maximum absolute atomic E-state index is 11.4. The van der Waals surface area contributed by atoms with Crippen LogP contribution in [-0.4, -0.2) is 48.3 Å². The Morgan fingerprint density at radius 2 is 1.77 bits per heavy atom. The quantitative estimate of drug-likeness (QED) is 0.644. The Balaban J connectivity index is 4.29. The predicted molar refractivity (Wildman–Crippen MR) is 50.4 cm³/mol. The third-order valence-corrected chi connectivity index (χ3v) is 1.61. The van der Waals surface area contributed by atoms with Gasteiger partial charge in [0.25, 0.3) is 0 Å². The summed E-state index contributed by atoms with van der Waals surface area (Å²) in [5.74, 6) is -0.380. The summed E-state index contributed by atoms with van der Waals surface area (Å²) in [6.07, 6.45) is -0.866. The van der Waals surface area contributed by atoms with E-state index in [1.54, 1.807) is 39.8 Å². The molecule has 4 nitrogen and oxygen atoms in total. The lowest BCUT2D eigenvalue weighted by molar-refractivity contribution is -0.156. The minimum atomic E-state index is -0.721. The van der Waals surface area contributed by atoms with Crippen LogP contribution in [0.5, 0.6) is 0 Å². The highest BCUT2D eigenvalue weighted by Crippen LogP contribution is 2.04. The summed E-state index contributed by atoms with van der Waals surface area (Å²) in [5, 5.41) is 9.32. The normalized spacial score (nSPS) is 16.0. The molecular weight excluding hydrogens is 170 g/mol. The van der Waals surface area contributed by atoms with Crippen molar-refractivity contribution in [2.75, 3.05) is 14.1 Å². The Morgan fingerprint density at radius 3 is 2.00 bits per heavy atom. The molecule has 0 spiro atoms. The fourth-order valence-electron chi connectivity index (χ4n) is 1.14. The second-order valence-corrected chi connectivity index (χ2v) is 3.63. The summed E-state index contributed by atoms with van der Waals surface area (Å²) in [7, 11) is 3.47. The summed E-state index contributed by atoms with van der Waals surface area (Å²) in [5.41, 5.74) is 0. The molecule has 0 amide bonds. The Bertz CT molecular complexity index is 158. The van der Waals surface area contributed by atoms with Crippen LogP contribution in [0, 0.1) is 0 Å². The molecule has 2 atom stereocenters. The molecule has 0 saturated carbocycles. The summed E-state index contributed by atoms with van der Waals surface area (Å²) >= 11 is 0. The molecule has 0 aromatic rings. The zero-order valence-corrected chi connectivity index (χ0v) is 8.94. The Labute approximate surface area is 79.5 Å². The van der Waals surface area contributed by atoms with Gasteiger partial charge in [-0.05, 0) is 34.9 Å². The monoisotopic (exact) mass is 189 g/mol. The molecule has 4 heteroatoms. The number of nitrogens with zero attached hydrogens (tertiary/aromatic N) is 1. The third kappa shape index (κ3) is 4.24. The predicted octanol–water partition coefficient (Wildman–Crippen LogP) is 0.249. The van der Waals surface area contributed by atoms with Gasteiger partial charge in [0.05, 0.1) is 12.2 Å². The number of carbonyl (C=O) groups excluding carboxylic acids is 1. The SMILES string of the molecule is CC(C)OC(=O)[C@H]([C@@H](C)O)N(C)C. The summed E-state index contributed by atoms with van der Waals surface area (Å²) in [6.45, 7) is 5.14. The maximum atomic E-state index is 11.4. The van der Waals surface area contributed by atoms with Gasteiger partial charge in [0, 0.05) is 0 Å². The van der Waals surface area contributed by atoms with Crippen LogP contribution in [0.15, 0.2) is 0 Å². The van der Waals surface area contributed by atoms with Crippen molar-refractivity contribution < 1.29 is 14.6 Å². The van der Waals surface area contributed by atoms with Crippen LogP contribution in [0.25, 0.3) is 0 Å². The van der Waals surface area contributed by atoms with Gasteiger partial charge in [-0.2, -0.15) is 0 Å². The topological polar surface area (TPSA) is 49.8 Å². The van der Waals surface area contributed by atoms with Crippen LogP contribution in [0.2, 0.25) is 0 Å². The molecule has 0 fully saturated rings. The lowest BCUT2D eigenvalue weighted by Crippen LogP contribution is -2.45. The van der Waals surface area contributed by atoms with Gasteiger partial charge in [-0.15, -0.1) is 0 Å². The molecule has 13 heavy (non-hydrogen) atoms. The van der Waals surface area contributed by atoms with Crippen molar-refractivity contribution in [3.8, 4) is 0 Å².